The van der Waals surface area contributed by atoms with Crippen molar-refractivity contribution in [2.45, 2.75) is 13.0 Å². The van der Waals surface area contributed by atoms with Gasteiger partial charge in [0, 0.05) is 25.1 Å². The third-order valence-electron chi connectivity index (χ3n) is 5.38. The third-order valence-corrected chi connectivity index (χ3v) is 6.92. The molecule has 0 fully saturated rings. The van der Waals surface area contributed by atoms with E-state index in [1.54, 1.807) is 11.9 Å². The lowest BCUT2D eigenvalue weighted by atomic mass is 10.3. The van der Waals surface area contributed by atoms with Crippen LogP contribution in [0.15, 0.2) is 38.6 Å². The highest BCUT2D eigenvalue weighted by atomic mass is 79.9. The molecule has 0 spiro atoms. The van der Waals surface area contributed by atoms with Crippen LogP contribution in [0, 0.1) is 0 Å². The van der Waals surface area contributed by atoms with Crippen LogP contribution in [-0.2, 0) is 25.4 Å². The number of hydrogen-bond donors (Lipinski definition) is 0. The molecule has 0 saturated heterocycles. The minimum Gasteiger partial charge on any atom is -0.315 e. The van der Waals surface area contributed by atoms with E-state index in [4.69, 9.17) is 0 Å². The van der Waals surface area contributed by atoms with Gasteiger partial charge in [-0.25, -0.2) is 14.8 Å². The Kier molecular flexibility index (Phi) is 7.96. The summed E-state index contributed by atoms with van der Waals surface area (Å²) in [6, 6.07) is 5.81. The van der Waals surface area contributed by atoms with Gasteiger partial charge in [-0.15, -0.1) is 12.4 Å². The maximum absolute atomic E-state index is 13.5. The zero-order valence-corrected chi connectivity index (χ0v) is 22.4. The van der Waals surface area contributed by atoms with Crippen molar-refractivity contribution < 1.29 is 4.79 Å². The lowest BCUT2D eigenvalue weighted by Crippen LogP contribution is -2.39. The number of rotatable bonds is 7. The van der Waals surface area contributed by atoms with Crippen LogP contribution in [0.5, 0.6) is 0 Å². The van der Waals surface area contributed by atoms with E-state index in [1.165, 1.54) is 33.8 Å². The van der Waals surface area contributed by atoms with E-state index in [2.05, 4.69) is 30.8 Å². The summed E-state index contributed by atoms with van der Waals surface area (Å²) in [5.74, 6) is -0.206. The summed E-state index contributed by atoms with van der Waals surface area (Å²) in [6.07, 6.45) is 2.19. The molecule has 3 heterocycles. The first-order chi connectivity index (χ1) is 15.7. The number of carbonyl (C=O) groups excluding carboxylic acids is 1. The number of amides is 1. The van der Waals surface area contributed by atoms with Crippen molar-refractivity contribution in [1.29, 1.82) is 0 Å². The molecule has 0 saturated carbocycles. The van der Waals surface area contributed by atoms with E-state index in [-0.39, 0.29) is 36.0 Å². The zero-order valence-electron chi connectivity index (χ0n) is 19.2. The van der Waals surface area contributed by atoms with Crippen LogP contribution in [0.4, 0.5) is 5.13 Å². The number of aryl methyl sites for hydroxylation is 1. The molecule has 0 aliphatic rings. The van der Waals surface area contributed by atoms with Gasteiger partial charge in [-0.3, -0.25) is 23.6 Å². The van der Waals surface area contributed by atoms with Crippen molar-refractivity contribution in [2.24, 2.45) is 14.1 Å². The summed E-state index contributed by atoms with van der Waals surface area (Å²) in [7, 11) is 6.93. The van der Waals surface area contributed by atoms with E-state index < -0.39 is 11.2 Å². The van der Waals surface area contributed by atoms with Crippen LogP contribution in [-0.4, -0.2) is 61.7 Å². The van der Waals surface area contributed by atoms with Crippen LogP contribution >= 0.6 is 39.7 Å². The molecule has 34 heavy (non-hydrogen) atoms. The molecular weight excluding hydrogens is 546 g/mol. The molecule has 0 bridgehead atoms. The fourth-order valence-corrected chi connectivity index (χ4v) is 5.18. The monoisotopic (exact) mass is 569 g/mol. The van der Waals surface area contributed by atoms with Crippen molar-refractivity contribution in [1.82, 2.24) is 28.6 Å². The van der Waals surface area contributed by atoms with E-state index in [9.17, 15) is 14.4 Å². The molecule has 4 aromatic rings. The summed E-state index contributed by atoms with van der Waals surface area (Å²) < 4.78 is 5.75. The molecule has 13 heteroatoms. The van der Waals surface area contributed by atoms with Crippen molar-refractivity contribution in [2.75, 3.05) is 32.1 Å². The van der Waals surface area contributed by atoms with Crippen molar-refractivity contribution >= 4 is 72.1 Å². The van der Waals surface area contributed by atoms with Crippen LogP contribution in [0.3, 0.4) is 0 Å². The fourth-order valence-electron chi connectivity index (χ4n) is 3.62. The predicted molar refractivity (Wildman–Crippen MR) is 140 cm³/mol. The zero-order chi connectivity index (χ0) is 23.9. The summed E-state index contributed by atoms with van der Waals surface area (Å²) >= 11 is 4.93. The molecule has 182 valence electrons. The minimum atomic E-state index is -0.484. The number of carbonyl (C=O) groups is 1. The van der Waals surface area contributed by atoms with Crippen LogP contribution < -0.4 is 16.1 Å². The SMILES string of the molecule is CN(C)CCCN(C(=O)Cn1cnc2c1c(=O)n(C)c(=O)n2C)c1nc2ccc(Br)cc2s1.Cl. The Morgan fingerprint density at radius 1 is 1.15 bits per heavy atom. The number of halogens is 2. The van der Waals surface area contributed by atoms with Gasteiger partial charge in [0.15, 0.2) is 16.3 Å². The van der Waals surface area contributed by atoms with Gasteiger partial charge >= 0.3 is 5.69 Å². The van der Waals surface area contributed by atoms with E-state index in [1.807, 2.05) is 32.3 Å². The standard InChI is InChI=1S/C21H24BrN7O3S.ClH/c1-25(2)8-5-9-29(20-24-14-7-6-13(22)10-15(14)33-20)16(30)11-28-12-23-18-17(28)19(31)27(4)21(32)26(18)3;/h6-7,10,12H,5,8-9,11H2,1-4H3;1H. The molecule has 1 aromatic carbocycles. The highest BCUT2D eigenvalue weighted by Gasteiger charge is 2.22. The summed E-state index contributed by atoms with van der Waals surface area (Å²) in [5.41, 5.74) is 0.340. The van der Waals surface area contributed by atoms with Crippen molar-refractivity contribution in [3.8, 4) is 0 Å². The van der Waals surface area contributed by atoms with E-state index in [0.29, 0.717) is 11.7 Å². The van der Waals surface area contributed by atoms with Gasteiger partial charge in [0.2, 0.25) is 5.91 Å². The van der Waals surface area contributed by atoms with Gasteiger partial charge in [0.05, 0.1) is 16.5 Å². The largest absolute Gasteiger partial charge is 0.332 e. The first-order valence-corrected chi connectivity index (χ1v) is 11.9. The summed E-state index contributed by atoms with van der Waals surface area (Å²) in [5, 5.41) is 0.608. The van der Waals surface area contributed by atoms with E-state index in [0.717, 1.165) is 32.2 Å². The van der Waals surface area contributed by atoms with Crippen LogP contribution in [0.1, 0.15) is 6.42 Å². The second-order valence-corrected chi connectivity index (χ2v) is 9.99. The maximum atomic E-state index is 13.5. The normalized spacial score (nSPS) is 11.4. The Morgan fingerprint density at radius 3 is 2.59 bits per heavy atom. The fraction of sp³-hybridized carbons (Fsp3) is 0.381. The topological polar surface area (TPSA) is 98.3 Å². The molecule has 0 atom stereocenters. The highest BCUT2D eigenvalue weighted by molar-refractivity contribution is 9.10. The number of nitrogens with zero attached hydrogens (tertiary/aromatic N) is 7. The molecular formula is C21H25BrClN7O3S. The molecule has 0 aliphatic heterocycles. The molecule has 1 amide bonds. The van der Waals surface area contributed by atoms with Gasteiger partial charge < -0.3 is 9.47 Å². The Bertz CT molecular complexity index is 1470. The Morgan fingerprint density at radius 2 is 1.88 bits per heavy atom. The second kappa shape index (κ2) is 10.4. The third kappa shape index (κ3) is 4.95. The second-order valence-electron chi connectivity index (χ2n) is 8.06. The Balaban J connectivity index is 0.00000324. The first kappa shape index (κ1) is 26.1. The number of fused-ring (bicyclic) bond motifs is 2. The summed E-state index contributed by atoms with van der Waals surface area (Å²) in [4.78, 5) is 51.0. The van der Waals surface area contributed by atoms with Gasteiger partial charge in [-0.05, 0) is 45.3 Å². The summed E-state index contributed by atoms with van der Waals surface area (Å²) in [6.45, 7) is 1.21. The maximum Gasteiger partial charge on any atom is 0.332 e. The quantitative estimate of drug-likeness (QED) is 0.338. The minimum absolute atomic E-state index is 0. The molecule has 0 N–H and O–H groups in total. The smallest absolute Gasteiger partial charge is 0.315 e. The number of hydrogen-bond acceptors (Lipinski definition) is 7. The van der Waals surface area contributed by atoms with Crippen molar-refractivity contribution in [3.05, 3.63) is 49.8 Å². The average Bonchev–Trinajstić information content (AvgIpc) is 3.37. The average molecular weight is 571 g/mol. The lowest BCUT2D eigenvalue weighted by Gasteiger charge is -2.21. The van der Waals surface area contributed by atoms with Crippen LogP contribution in [0.25, 0.3) is 21.4 Å². The Hall–Kier alpha value is -2.54. The van der Waals surface area contributed by atoms with Crippen molar-refractivity contribution in [3.63, 3.8) is 0 Å². The molecule has 10 nitrogen and oxygen atoms in total. The number of aromatic nitrogens is 5. The van der Waals surface area contributed by atoms with Gasteiger partial charge in [0.25, 0.3) is 5.56 Å². The number of anilines is 1. The number of thiazole rings is 1. The molecule has 0 unspecified atom stereocenters. The van der Waals surface area contributed by atoms with Gasteiger partial charge in [-0.2, -0.15) is 0 Å². The highest BCUT2D eigenvalue weighted by Crippen LogP contribution is 2.31. The molecule has 3 aromatic heterocycles. The van der Waals surface area contributed by atoms with Gasteiger partial charge in [-0.1, -0.05) is 27.3 Å². The molecule has 4 rings (SSSR count). The first-order valence-electron chi connectivity index (χ1n) is 10.3. The molecule has 0 aliphatic carbocycles. The number of imidazole rings is 1. The predicted octanol–water partition coefficient (Wildman–Crippen LogP) is 2.21. The lowest BCUT2D eigenvalue weighted by molar-refractivity contribution is -0.119. The van der Waals surface area contributed by atoms with E-state index >= 15 is 0 Å². The number of benzene rings is 1. The van der Waals surface area contributed by atoms with Gasteiger partial charge in [0.1, 0.15) is 6.54 Å². The van der Waals surface area contributed by atoms with Crippen LogP contribution in [0.2, 0.25) is 0 Å². The Labute approximate surface area is 214 Å². The molecule has 0 radical (unpaired) electrons.